The second kappa shape index (κ2) is 9.06. The van der Waals surface area contributed by atoms with Gasteiger partial charge in [-0.2, -0.15) is 5.10 Å². The summed E-state index contributed by atoms with van der Waals surface area (Å²) in [7, 11) is 0. The first-order valence-corrected chi connectivity index (χ1v) is 13.5. The molecule has 8 heteroatoms. The van der Waals surface area contributed by atoms with Gasteiger partial charge in [-0.1, -0.05) is 24.3 Å². The van der Waals surface area contributed by atoms with Crippen LogP contribution in [0.1, 0.15) is 38.3 Å². The first kappa shape index (κ1) is 23.6. The van der Waals surface area contributed by atoms with E-state index in [0.29, 0.717) is 19.1 Å². The highest BCUT2D eigenvalue weighted by Gasteiger charge is 2.38. The molecule has 0 bridgehead atoms. The third-order valence-electron chi connectivity index (χ3n) is 8.23. The van der Waals surface area contributed by atoms with E-state index in [9.17, 15) is 4.39 Å². The monoisotopic (exact) mass is 513 g/mol. The number of aromatic nitrogens is 4. The van der Waals surface area contributed by atoms with Gasteiger partial charge in [-0.3, -0.25) is 4.68 Å². The number of benzene rings is 2. The highest BCUT2D eigenvalue weighted by molar-refractivity contribution is 5.69. The Morgan fingerprint density at radius 2 is 1.84 bits per heavy atom. The summed E-state index contributed by atoms with van der Waals surface area (Å²) in [6, 6.07) is 14.2. The summed E-state index contributed by atoms with van der Waals surface area (Å²) in [6.45, 7) is 7.03. The Morgan fingerprint density at radius 3 is 2.61 bits per heavy atom. The van der Waals surface area contributed by atoms with Crippen molar-refractivity contribution in [1.29, 1.82) is 0 Å². The standard InChI is InChI=1S/C30H32FN5O2/c1-30(2)37-18-24(38-30)17-35-16-22(14-33-35)20-6-8-23(9-7-20)34-12-10-21(11-13-34)29-28-25(4-3-5-26(28)31)27-15-32-19-36(27)29/h3-9,14-16,19,21,24,29H,10-13,17-18H2,1-2H3. The fourth-order valence-corrected chi connectivity index (χ4v) is 6.41. The van der Waals surface area contributed by atoms with Gasteiger partial charge in [0.1, 0.15) is 11.9 Å². The van der Waals surface area contributed by atoms with Crippen LogP contribution < -0.4 is 4.90 Å². The van der Waals surface area contributed by atoms with Crippen LogP contribution in [0.3, 0.4) is 0 Å². The zero-order valence-electron chi connectivity index (χ0n) is 21.8. The molecule has 0 saturated carbocycles. The maximum absolute atomic E-state index is 14.9. The van der Waals surface area contributed by atoms with Gasteiger partial charge in [0.05, 0.1) is 43.6 Å². The molecule has 2 fully saturated rings. The third kappa shape index (κ3) is 4.12. The number of halogens is 1. The summed E-state index contributed by atoms with van der Waals surface area (Å²) in [5.74, 6) is -0.252. The number of hydrogen-bond acceptors (Lipinski definition) is 5. The van der Waals surface area contributed by atoms with Gasteiger partial charge in [0.15, 0.2) is 5.79 Å². The van der Waals surface area contributed by atoms with Crippen LogP contribution in [-0.4, -0.2) is 50.9 Å². The van der Waals surface area contributed by atoms with Crippen molar-refractivity contribution in [2.24, 2.45) is 5.92 Å². The zero-order chi connectivity index (χ0) is 25.9. The lowest BCUT2D eigenvalue weighted by atomic mass is 9.85. The number of imidazole rings is 1. The molecule has 4 aromatic rings. The lowest BCUT2D eigenvalue weighted by molar-refractivity contribution is -0.139. The van der Waals surface area contributed by atoms with E-state index in [0.717, 1.165) is 53.9 Å². The number of hydrogen-bond donors (Lipinski definition) is 0. The fourth-order valence-electron chi connectivity index (χ4n) is 6.41. The summed E-state index contributed by atoms with van der Waals surface area (Å²) in [4.78, 5) is 6.80. The molecule has 2 unspecified atom stereocenters. The van der Waals surface area contributed by atoms with Crippen LogP contribution in [0.25, 0.3) is 22.4 Å². The van der Waals surface area contributed by atoms with Crippen molar-refractivity contribution in [1.82, 2.24) is 19.3 Å². The predicted octanol–water partition coefficient (Wildman–Crippen LogP) is 5.52. The number of fused-ring (bicyclic) bond motifs is 3. The molecule has 0 aliphatic carbocycles. The highest BCUT2D eigenvalue weighted by Crippen LogP contribution is 2.47. The van der Waals surface area contributed by atoms with Gasteiger partial charge < -0.3 is 18.9 Å². The molecule has 2 saturated heterocycles. The molecule has 3 aliphatic heterocycles. The Bertz CT molecular complexity index is 1450. The first-order valence-electron chi connectivity index (χ1n) is 13.5. The van der Waals surface area contributed by atoms with Crippen molar-refractivity contribution in [2.75, 3.05) is 24.6 Å². The Kier molecular flexibility index (Phi) is 5.63. The van der Waals surface area contributed by atoms with E-state index in [4.69, 9.17) is 9.47 Å². The summed E-state index contributed by atoms with van der Waals surface area (Å²) >= 11 is 0. The first-order chi connectivity index (χ1) is 18.4. The molecule has 0 amide bonds. The fraction of sp³-hybridized carbons (Fsp3) is 0.400. The van der Waals surface area contributed by atoms with E-state index in [1.54, 1.807) is 12.1 Å². The van der Waals surface area contributed by atoms with Crippen molar-refractivity contribution in [2.45, 2.75) is 51.2 Å². The summed E-state index contributed by atoms with van der Waals surface area (Å²) in [6.07, 6.45) is 9.72. The number of nitrogens with zero attached hydrogens (tertiary/aromatic N) is 5. The van der Waals surface area contributed by atoms with Crippen LogP contribution in [0.4, 0.5) is 10.1 Å². The Balaban J connectivity index is 1.01. The maximum Gasteiger partial charge on any atom is 0.163 e. The number of piperidine rings is 1. The topological polar surface area (TPSA) is 57.3 Å². The summed E-state index contributed by atoms with van der Waals surface area (Å²) < 4.78 is 30.6. The van der Waals surface area contributed by atoms with Gasteiger partial charge in [0.25, 0.3) is 0 Å². The molecule has 0 radical (unpaired) electrons. The summed E-state index contributed by atoms with van der Waals surface area (Å²) in [5.41, 5.74) is 6.31. The number of ether oxygens (including phenoxy) is 2. The van der Waals surface area contributed by atoms with Gasteiger partial charge in [0.2, 0.25) is 0 Å². The molecule has 3 aliphatic rings. The smallest absolute Gasteiger partial charge is 0.163 e. The zero-order valence-corrected chi connectivity index (χ0v) is 21.8. The molecule has 196 valence electrons. The van der Waals surface area contributed by atoms with Crippen LogP contribution in [0.15, 0.2) is 67.4 Å². The minimum absolute atomic E-state index is 0.0117. The van der Waals surface area contributed by atoms with E-state index >= 15 is 0 Å². The predicted molar refractivity (Wildman–Crippen MR) is 143 cm³/mol. The molecule has 0 spiro atoms. The molecule has 38 heavy (non-hydrogen) atoms. The van der Waals surface area contributed by atoms with E-state index < -0.39 is 5.79 Å². The van der Waals surface area contributed by atoms with Crippen molar-refractivity contribution in [3.05, 3.63) is 78.8 Å². The van der Waals surface area contributed by atoms with E-state index in [2.05, 4.69) is 50.0 Å². The lowest BCUT2D eigenvalue weighted by Gasteiger charge is -2.37. The molecule has 7 nitrogen and oxygen atoms in total. The average Bonchev–Trinajstić information content (AvgIpc) is 3.70. The lowest BCUT2D eigenvalue weighted by Crippen LogP contribution is -2.36. The van der Waals surface area contributed by atoms with Crippen LogP contribution >= 0.6 is 0 Å². The molecule has 2 aromatic heterocycles. The van der Waals surface area contributed by atoms with Gasteiger partial charge in [-0.25, -0.2) is 9.37 Å². The molecule has 2 aromatic carbocycles. The quantitative estimate of drug-likeness (QED) is 0.352. The van der Waals surface area contributed by atoms with Crippen molar-refractivity contribution >= 4 is 5.69 Å². The van der Waals surface area contributed by atoms with Crippen LogP contribution in [-0.2, 0) is 16.0 Å². The van der Waals surface area contributed by atoms with Gasteiger partial charge in [0, 0.05) is 41.7 Å². The second-order valence-electron chi connectivity index (χ2n) is 11.1. The average molecular weight is 514 g/mol. The molecule has 2 atom stereocenters. The van der Waals surface area contributed by atoms with E-state index in [-0.39, 0.29) is 18.0 Å². The Morgan fingerprint density at radius 1 is 1.03 bits per heavy atom. The minimum Gasteiger partial charge on any atom is -0.372 e. The number of rotatable bonds is 5. The van der Waals surface area contributed by atoms with Gasteiger partial charge in [-0.15, -0.1) is 0 Å². The van der Waals surface area contributed by atoms with Crippen LogP contribution in [0.5, 0.6) is 0 Å². The Hall–Kier alpha value is -3.49. The van der Waals surface area contributed by atoms with Crippen molar-refractivity contribution < 1.29 is 13.9 Å². The molecule has 7 rings (SSSR count). The largest absolute Gasteiger partial charge is 0.372 e. The molecule has 0 N–H and O–H groups in total. The molecule has 5 heterocycles. The SMILES string of the molecule is CC1(C)OCC(Cn2cc(-c3ccc(N4CCC(C5c6c(F)cccc6-c6cncn65)CC4)cc3)cn2)O1. The number of anilines is 1. The van der Waals surface area contributed by atoms with Crippen LogP contribution in [0.2, 0.25) is 0 Å². The Labute approximate surface area is 221 Å². The van der Waals surface area contributed by atoms with Gasteiger partial charge >= 0.3 is 0 Å². The van der Waals surface area contributed by atoms with Crippen molar-refractivity contribution in [3.63, 3.8) is 0 Å². The summed E-state index contributed by atoms with van der Waals surface area (Å²) in [5, 5.41) is 4.53. The normalized spacial score (nSPS) is 22.6. The van der Waals surface area contributed by atoms with Crippen LogP contribution in [0, 0.1) is 11.7 Å². The molecular weight excluding hydrogens is 481 g/mol. The molecular formula is C30H32FN5O2. The van der Waals surface area contributed by atoms with Crippen molar-refractivity contribution in [3.8, 4) is 22.4 Å². The van der Waals surface area contributed by atoms with E-state index in [1.807, 2.05) is 43.3 Å². The third-order valence-corrected chi connectivity index (χ3v) is 8.23. The van der Waals surface area contributed by atoms with Gasteiger partial charge in [-0.05, 0) is 56.4 Å². The highest BCUT2D eigenvalue weighted by atomic mass is 19.1. The minimum atomic E-state index is -0.523. The maximum atomic E-state index is 14.9. The second-order valence-corrected chi connectivity index (χ2v) is 11.1. The van der Waals surface area contributed by atoms with E-state index in [1.165, 1.54) is 5.69 Å².